The van der Waals surface area contributed by atoms with Crippen LogP contribution in [0.25, 0.3) is 0 Å². The lowest BCUT2D eigenvalue weighted by Crippen LogP contribution is -2.63. The molecule has 0 saturated carbocycles. The number of aliphatic carboxylic acids is 1. The van der Waals surface area contributed by atoms with E-state index in [9.17, 15) is 29.4 Å². The predicted molar refractivity (Wildman–Crippen MR) is 83.4 cm³/mol. The second kappa shape index (κ2) is 5.89. The Balaban J connectivity index is 1.88. The molecule has 130 valence electrons. The van der Waals surface area contributed by atoms with Crippen molar-refractivity contribution in [2.24, 2.45) is 11.8 Å². The van der Waals surface area contributed by atoms with Crippen LogP contribution in [0.4, 0.5) is 0 Å². The van der Waals surface area contributed by atoms with Gasteiger partial charge in [0.05, 0.1) is 23.3 Å². The molecule has 0 aromatic carbocycles. The monoisotopic (exact) mass is 354 g/mol. The number of carbonyl (C=O) groups is 4. The number of rotatable bonds is 4. The van der Waals surface area contributed by atoms with Crippen LogP contribution >= 0.6 is 11.8 Å². The number of hydrogen-bond donors (Lipinski definition) is 3. The number of aliphatic hydroxyl groups excluding tert-OH is 1. The number of piperidine rings is 1. The van der Waals surface area contributed by atoms with Gasteiger partial charge in [-0.05, 0) is 13.3 Å². The number of nitrogens with zero attached hydrogens (tertiary/aromatic N) is 1. The minimum Gasteiger partial charge on any atom is -0.477 e. The van der Waals surface area contributed by atoms with E-state index in [4.69, 9.17) is 0 Å². The number of aliphatic hydroxyl groups is 1. The number of carbonyl (C=O) groups excluding carboxylic acids is 3. The van der Waals surface area contributed by atoms with Crippen LogP contribution in [0, 0.1) is 11.8 Å². The van der Waals surface area contributed by atoms with Crippen LogP contribution in [-0.2, 0) is 19.2 Å². The van der Waals surface area contributed by atoms with Gasteiger partial charge in [0.2, 0.25) is 17.7 Å². The van der Waals surface area contributed by atoms with Crippen LogP contribution in [0.15, 0.2) is 10.6 Å². The van der Waals surface area contributed by atoms with Gasteiger partial charge in [-0.15, -0.1) is 11.8 Å². The Labute approximate surface area is 142 Å². The number of β-lactam (4-membered cyclic amide) rings is 1. The third-order valence-corrected chi connectivity index (χ3v) is 6.32. The van der Waals surface area contributed by atoms with Crippen LogP contribution in [0.1, 0.15) is 26.7 Å². The van der Waals surface area contributed by atoms with E-state index in [1.165, 1.54) is 11.8 Å². The summed E-state index contributed by atoms with van der Waals surface area (Å²) in [6, 6.07) is -0.403. The Morgan fingerprint density at radius 3 is 2.58 bits per heavy atom. The maximum atomic E-state index is 12.2. The fraction of sp³-hybridized carbons (Fsp3) is 0.600. The summed E-state index contributed by atoms with van der Waals surface area (Å²) in [7, 11) is 0. The van der Waals surface area contributed by atoms with Gasteiger partial charge >= 0.3 is 5.97 Å². The molecule has 0 unspecified atom stereocenters. The topological polar surface area (TPSA) is 124 Å². The van der Waals surface area contributed by atoms with Gasteiger partial charge in [0.25, 0.3) is 0 Å². The van der Waals surface area contributed by atoms with E-state index in [1.54, 1.807) is 6.92 Å². The lowest BCUT2D eigenvalue weighted by atomic mass is 9.79. The zero-order valence-corrected chi connectivity index (χ0v) is 14.0. The first-order valence-corrected chi connectivity index (χ1v) is 8.61. The molecule has 0 bridgehead atoms. The molecule has 0 radical (unpaired) electrons. The first-order chi connectivity index (χ1) is 11.2. The number of hydrogen-bond acceptors (Lipinski definition) is 6. The summed E-state index contributed by atoms with van der Waals surface area (Å²) in [6.45, 7) is 3.31. The molecule has 3 amide bonds. The summed E-state index contributed by atoms with van der Waals surface area (Å²) in [5, 5.41) is 21.0. The first-order valence-electron chi connectivity index (χ1n) is 7.73. The van der Waals surface area contributed by atoms with Crippen molar-refractivity contribution in [1.82, 2.24) is 10.2 Å². The van der Waals surface area contributed by atoms with Gasteiger partial charge in [0.15, 0.2) is 0 Å². The second-order valence-electron chi connectivity index (χ2n) is 6.33. The van der Waals surface area contributed by atoms with Crippen molar-refractivity contribution < 1.29 is 29.4 Å². The summed E-state index contributed by atoms with van der Waals surface area (Å²) >= 11 is 1.11. The fourth-order valence-electron chi connectivity index (χ4n) is 3.62. The standard InChI is InChI=1S/C15H18N2O6S/c1-5-10-9(6(2)18)14(21)17(10)11(15(22)23)12(5)24-7-3-4-8(19)16-13(7)20/h5-7,9-10,18H,3-4H2,1-2H3,(H,22,23)(H,16,19,20)/t5-,6-,7-,9-,10-/m1/s1. The van der Waals surface area contributed by atoms with Crippen LogP contribution in [0.3, 0.4) is 0 Å². The highest BCUT2D eigenvalue weighted by Crippen LogP contribution is 2.51. The number of amides is 3. The maximum absolute atomic E-state index is 12.2. The molecule has 0 spiro atoms. The smallest absolute Gasteiger partial charge is 0.353 e. The number of fused-ring (bicyclic) bond motifs is 1. The quantitative estimate of drug-likeness (QED) is 0.467. The maximum Gasteiger partial charge on any atom is 0.353 e. The minimum absolute atomic E-state index is 0.107. The normalized spacial score (nSPS) is 34.0. The third-order valence-electron chi connectivity index (χ3n) is 4.77. The molecular weight excluding hydrogens is 336 g/mol. The molecule has 3 heterocycles. The van der Waals surface area contributed by atoms with E-state index >= 15 is 0 Å². The van der Waals surface area contributed by atoms with Gasteiger partial charge in [0, 0.05) is 17.2 Å². The van der Waals surface area contributed by atoms with Crippen LogP contribution in [0.5, 0.6) is 0 Å². The molecule has 3 N–H and O–H groups in total. The third kappa shape index (κ3) is 2.42. The Morgan fingerprint density at radius 2 is 2.04 bits per heavy atom. The number of imide groups is 1. The Hall–Kier alpha value is -1.87. The zero-order valence-electron chi connectivity index (χ0n) is 13.2. The fourth-order valence-corrected chi connectivity index (χ4v) is 4.98. The highest BCUT2D eigenvalue weighted by molar-refractivity contribution is 8.04. The molecule has 3 aliphatic rings. The van der Waals surface area contributed by atoms with Crippen molar-refractivity contribution in [3.63, 3.8) is 0 Å². The van der Waals surface area contributed by atoms with Gasteiger partial charge < -0.3 is 15.1 Å². The molecule has 0 aliphatic carbocycles. The number of carboxylic acid groups (broad SMARTS) is 1. The van der Waals surface area contributed by atoms with Crippen LogP contribution in [0.2, 0.25) is 0 Å². The van der Waals surface area contributed by atoms with Crippen LogP contribution in [-0.4, -0.2) is 56.2 Å². The SMILES string of the molecule is C[C@@H](O)[C@H]1C(=O)N2C(C(=O)O)=C(S[C@@H]3CCC(=O)NC3=O)[C@H](C)[C@H]12. The van der Waals surface area contributed by atoms with E-state index in [0.717, 1.165) is 11.8 Å². The van der Waals surface area contributed by atoms with E-state index in [-0.39, 0.29) is 23.9 Å². The number of nitrogens with one attached hydrogen (secondary N) is 1. The predicted octanol–water partition coefficient (Wildman–Crippen LogP) is -0.321. The number of thioether (sulfide) groups is 1. The van der Waals surface area contributed by atoms with Crippen molar-refractivity contribution in [1.29, 1.82) is 0 Å². The summed E-state index contributed by atoms with van der Waals surface area (Å²) in [5.74, 6) is -3.32. The molecule has 2 fully saturated rings. The molecule has 0 aromatic heterocycles. The number of carboxylic acids is 1. The van der Waals surface area contributed by atoms with Crippen molar-refractivity contribution in [2.75, 3.05) is 0 Å². The van der Waals surface area contributed by atoms with Gasteiger partial charge in [-0.3, -0.25) is 19.7 Å². The summed E-state index contributed by atoms with van der Waals surface area (Å²) in [5.41, 5.74) is -0.107. The van der Waals surface area contributed by atoms with Crippen LogP contribution < -0.4 is 5.32 Å². The van der Waals surface area contributed by atoms with Crippen molar-refractivity contribution in [3.05, 3.63) is 10.6 Å². The summed E-state index contributed by atoms with van der Waals surface area (Å²) < 4.78 is 0. The molecule has 24 heavy (non-hydrogen) atoms. The molecule has 3 rings (SSSR count). The molecule has 9 heteroatoms. The lowest BCUT2D eigenvalue weighted by molar-refractivity contribution is -0.163. The second-order valence-corrected chi connectivity index (χ2v) is 7.57. The Bertz CT molecular complexity index is 673. The molecule has 2 saturated heterocycles. The highest BCUT2D eigenvalue weighted by atomic mass is 32.2. The Morgan fingerprint density at radius 1 is 1.38 bits per heavy atom. The van der Waals surface area contributed by atoms with E-state index < -0.39 is 41.1 Å². The first kappa shape index (κ1) is 17.0. The van der Waals surface area contributed by atoms with Crippen molar-refractivity contribution in [2.45, 2.75) is 44.1 Å². The average Bonchev–Trinajstić information content (AvgIpc) is 2.71. The van der Waals surface area contributed by atoms with Gasteiger partial charge in [-0.25, -0.2) is 4.79 Å². The zero-order chi connectivity index (χ0) is 17.8. The van der Waals surface area contributed by atoms with E-state index in [1.807, 2.05) is 0 Å². The molecule has 3 aliphatic heterocycles. The summed E-state index contributed by atoms with van der Waals surface area (Å²) in [6.07, 6.45) is -0.330. The highest BCUT2D eigenvalue weighted by Gasteiger charge is 2.60. The minimum atomic E-state index is -1.23. The van der Waals surface area contributed by atoms with Gasteiger partial charge in [-0.2, -0.15) is 0 Å². The largest absolute Gasteiger partial charge is 0.477 e. The molecule has 0 aromatic rings. The molecule has 8 nitrogen and oxygen atoms in total. The average molecular weight is 354 g/mol. The summed E-state index contributed by atoms with van der Waals surface area (Å²) in [4.78, 5) is 48.8. The Kier molecular flexibility index (Phi) is 4.16. The van der Waals surface area contributed by atoms with Crippen molar-refractivity contribution in [3.8, 4) is 0 Å². The van der Waals surface area contributed by atoms with E-state index in [0.29, 0.717) is 11.3 Å². The molecular formula is C15H18N2O6S. The van der Waals surface area contributed by atoms with E-state index in [2.05, 4.69) is 5.32 Å². The van der Waals surface area contributed by atoms with Gasteiger partial charge in [-0.1, -0.05) is 6.92 Å². The lowest BCUT2D eigenvalue weighted by Gasteiger charge is -2.46. The van der Waals surface area contributed by atoms with Gasteiger partial charge in [0.1, 0.15) is 5.70 Å². The molecule has 5 atom stereocenters. The van der Waals surface area contributed by atoms with Crippen molar-refractivity contribution >= 4 is 35.5 Å².